The number of hydrogen-bond donors (Lipinski definition) is 2. The molecule has 0 aromatic heterocycles. The van der Waals surface area contributed by atoms with Crippen molar-refractivity contribution in [3.05, 3.63) is 18.2 Å². The Hall–Kier alpha value is -1.91. The summed E-state index contributed by atoms with van der Waals surface area (Å²) in [7, 11) is 0. The number of hydrogen-bond acceptors (Lipinski definition) is 4. The lowest BCUT2D eigenvalue weighted by molar-refractivity contribution is -0.122. The largest absolute Gasteiger partial charge is 0.486 e. The van der Waals surface area contributed by atoms with Crippen LogP contribution in [0.4, 0.5) is 5.69 Å². The number of ether oxygens (including phenoxy) is 2. The lowest BCUT2D eigenvalue weighted by atomic mass is 10.2. The minimum absolute atomic E-state index is 0.00533. The molecule has 1 aliphatic heterocycles. The SMILES string of the molecule is CCC(C)NC(=O)C(C)Nc1ccc2c(c1)OCCO2. The Morgan fingerprint density at radius 1 is 1.25 bits per heavy atom. The highest BCUT2D eigenvalue weighted by atomic mass is 16.6. The number of carbonyl (C=O) groups excluding carboxylic acids is 1. The fourth-order valence-electron chi connectivity index (χ4n) is 1.92. The highest BCUT2D eigenvalue weighted by Gasteiger charge is 2.16. The molecule has 0 fully saturated rings. The Labute approximate surface area is 119 Å². The molecule has 2 rings (SSSR count). The van der Waals surface area contributed by atoms with Crippen molar-refractivity contribution in [1.29, 1.82) is 0 Å². The van der Waals surface area contributed by atoms with Crippen LogP contribution in [-0.4, -0.2) is 31.2 Å². The first-order valence-electron chi connectivity index (χ1n) is 7.06. The lowest BCUT2D eigenvalue weighted by Gasteiger charge is -2.21. The maximum atomic E-state index is 12.0. The Bertz CT molecular complexity index is 476. The molecule has 1 amide bonds. The maximum Gasteiger partial charge on any atom is 0.242 e. The van der Waals surface area contributed by atoms with E-state index in [-0.39, 0.29) is 18.0 Å². The van der Waals surface area contributed by atoms with E-state index in [0.29, 0.717) is 13.2 Å². The highest BCUT2D eigenvalue weighted by molar-refractivity contribution is 5.84. The summed E-state index contributed by atoms with van der Waals surface area (Å²) < 4.78 is 11.0. The van der Waals surface area contributed by atoms with E-state index in [4.69, 9.17) is 9.47 Å². The third kappa shape index (κ3) is 3.56. The van der Waals surface area contributed by atoms with Crippen LogP contribution >= 0.6 is 0 Å². The number of amides is 1. The third-order valence-corrected chi connectivity index (χ3v) is 3.32. The van der Waals surface area contributed by atoms with Gasteiger partial charge >= 0.3 is 0 Å². The first-order chi connectivity index (χ1) is 9.60. The number of benzene rings is 1. The van der Waals surface area contributed by atoms with Crippen molar-refractivity contribution in [2.24, 2.45) is 0 Å². The van der Waals surface area contributed by atoms with Crippen molar-refractivity contribution in [2.45, 2.75) is 39.3 Å². The first-order valence-corrected chi connectivity index (χ1v) is 7.06. The van der Waals surface area contributed by atoms with Crippen LogP contribution in [0.2, 0.25) is 0 Å². The molecule has 1 heterocycles. The lowest BCUT2D eigenvalue weighted by Crippen LogP contribution is -2.41. The van der Waals surface area contributed by atoms with Gasteiger partial charge in [-0.1, -0.05) is 6.92 Å². The zero-order chi connectivity index (χ0) is 14.5. The molecule has 1 aromatic carbocycles. The van der Waals surface area contributed by atoms with Gasteiger partial charge in [0.15, 0.2) is 11.5 Å². The molecular weight excluding hydrogens is 256 g/mol. The number of fused-ring (bicyclic) bond motifs is 1. The summed E-state index contributed by atoms with van der Waals surface area (Å²) >= 11 is 0. The van der Waals surface area contributed by atoms with Gasteiger partial charge in [-0.15, -0.1) is 0 Å². The second-order valence-electron chi connectivity index (χ2n) is 5.04. The van der Waals surface area contributed by atoms with E-state index in [0.717, 1.165) is 23.6 Å². The van der Waals surface area contributed by atoms with Crippen LogP contribution in [-0.2, 0) is 4.79 Å². The quantitative estimate of drug-likeness (QED) is 0.866. The number of nitrogens with one attached hydrogen (secondary N) is 2. The summed E-state index contributed by atoms with van der Waals surface area (Å²) in [6, 6.07) is 5.50. The molecule has 0 saturated carbocycles. The summed E-state index contributed by atoms with van der Waals surface area (Å²) in [6.45, 7) is 7.01. The molecule has 2 unspecified atom stereocenters. The van der Waals surface area contributed by atoms with Crippen LogP contribution in [0.25, 0.3) is 0 Å². The Morgan fingerprint density at radius 2 is 1.95 bits per heavy atom. The number of rotatable bonds is 5. The van der Waals surface area contributed by atoms with E-state index < -0.39 is 0 Å². The Balaban J connectivity index is 1.97. The smallest absolute Gasteiger partial charge is 0.242 e. The monoisotopic (exact) mass is 278 g/mol. The molecule has 2 N–H and O–H groups in total. The molecule has 5 heteroatoms. The molecule has 0 aliphatic carbocycles. The molecule has 20 heavy (non-hydrogen) atoms. The van der Waals surface area contributed by atoms with Gasteiger partial charge in [-0.05, 0) is 32.4 Å². The van der Waals surface area contributed by atoms with Crippen molar-refractivity contribution in [3.63, 3.8) is 0 Å². The molecule has 2 atom stereocenters. The normalized spacial score (nSPS) is 16.1. The van der Waals surface area contributed by atoms with Gasteiger partial charge in [0.05, 0.1) is 0 Å². The predicted octanol–water partition coefficient (Wildman–Crippen LogP) is 2.17. The van der Waals surface area contributed by atoms with E-state index in [1.807, 2.05) is 39.0 Å². The van der Waals surface area contributed by atoms with Gasteiger partial charge in [0.1, 0.15) is 19.3 Å². The van der Waals surface area contributed by atoms with Crippen LogP contribution < -0.4 is 20.1 Å². The average molecular weight is 278 g/mol. The zero-order valence-corrected chi connectivity index (χ0v) is 12.2. The zero-order valence-electron chi connectivity index (χ0n) is 12.2. The fraction of sp³-hybridized carbons (Fsp3) is 0.533. The molecule has 0 bridgehead atoms. The minimum atomic E-state index is -0.299. The van der Waals surface area contributed by atoms with Crippen molar-refractivity contribution in [3.8, 4) is 11.5 Å². The van der Waals surface area contributed by atoms with E-state index in [2.05, 4.69) is 10.6 Å². The van der Waals surface area contributed by atoms with E-state index in [1.165, 1.54) is 0 Å². The van der Waals surface area contributed by atoms with E-state index >= 15 is 0 Å². The molecular formula is C15H22N2O3. The van der Waals surface area contributed by atoms with Gasteiger partial charge in [-0.3, -0.25) is 4.79 Å². The molecule has 0 radical (unpaired) electrons. The van der Waals surface area contributed by atoms with Crippen molar-refractivity contribution >= 4 is 11.6 Å². The Kier molecular flexibility index (Phi) is 4.71. The standard InChI is InChI=1S/C15H22N2O3/c1-4-10(2)16-15(18)11(3)17-12-5-6-13-14(9-12)20-8-7-19-13/h5-6,9-11,17H,4,7-8H2,1-3H3,(H,16,18). The predicted molar refractivity (Wildman–Crippen MR) is 78.4 cm³/mol. The molecule has 110 valence electrons. The van der Waals surface area contributed by atoms with Gasteiger partial charge in [-0.2, -0.15) is 0 Å². The van der Waals surface area contributed by atoms with Crippen molar-refractivity contribution in [1.82, 2.24) is 5.32 Å². The molecule has 5 nitrogen and oxygen atoms in total. The number of anilines is 1. The summed E-state index contributed by atoms with van der Waals surface area (Å²) in [4.78, 5) is 12.0. The van der Waals surface area contributed by atoms with E-state index in [9.17, 15) is 4.79 Å². The highest BCUT2D eigenvalue weighted by Crippen LogP contribution is 2.32. The van der Waals surface area contributed by atoms with Gasteiger partial charge in [0.25, 0.3) is 0 Å². The minimum Gasteiger partial charge on any atom is -0.486 e. The average Bonchev–Trinajstić information content (AvgIpc) is 2.46. The second-order valence-corrected chi connectivity index (χ2v) is 5.04. The van der Waals surface area contributed by atoms with Crippen LogP contribution in [0.15, 0.2) is 18.2 Å². The Morgan fingerprint density at radius 3 is 2.65 bits per heavy atom. The van der Waals surface area contributed by atoms with Gasteiger partial charge in [0, 0.05) is 17.8 Å². The first kappa shape index (κ1) is 14.5. The third-order valence-electron chi connectivity index (χ3n) is 3.32. The maximum absolute atomic E-state index is 12.0. The van der Waals surface area contributed by atoms with Gasteiger partial charge < -0.3 is 20.1 Å². The second kappa shape index (κ2) is 6.50. The molecule has 1 aliphatic rings. The summed E-state index contributed by atoms with van der Waals surface area (Å²) in [5.74, 6) is 1.46. The van der Waals surface area contributed by atoms with Gasteiger partial charge in [0.2, 0.25) is 5.91 Å². The topological polar surface area (TPSA) is 59.6 Å². The fourth-order valence-corrected chi connectivity index (χ4v) is 1.92. The summed E-state index contributed by atoms with van der Waals surface area (Å²) in [5, 5.41) is 6.13. The van der Waals surface area contributed by atoms with Crippen LogP contribution in [0.1, 0.15) is 27.2 Å². The number of carbonyl (C=O) groups is 1. The molecule has 0 spiro atoms. The molecule has 1 aromatic rings. The van der Waals surface area contributed by atoms with Gasteiger partial charge in [-0.25, -0.2) is 0 Å². The van der Waals surface area contributed by atoms with E-state index in [1.54, 1.807) is 0 Å². The van der Waals surface area contributed by atoms with Crippen LogP contribution in [0, 0.1) is 0 Å². The summed E-state index contributed by atoms with van der Waals surface area (Å²) in [6.07, 6.45) is 0.919. The van der Waals surface area contributed by atoms with Crippen LogP contribution in [0.5, 0.6) is 11.5 Å². The van der Waals surface area contributed by atoms with Crippen molar-refractivity contribution < 1.29 is 14.3 Å². The molecule has 0 saturated heterocycles. The van der Waals surface area contributed by atoms with Crippen LogP contribution in [0.3, 0.4) is 0 Å². The van der Waals surface area contributed by atoms with Crippen molar-refractivity contribution in [2.75, 3.05) is 18.5 Å². The summed E-state index contributed by atoms with van der Waals surface area (Å²) in [5.41, 5.74) is 0.848.